The number of nitrogens with one attached hydrogen (secondary N) is 11. The van der Waals surface area contributed by atoms with Crippen LogP contribution in [0.1, 0.15) is 95.5 Å². The molecule has 5 aromatic carbocycles. The molecule has 11 amide bonds. The average molecular weight is 1520 g/mol. The number of carboxylic acid groups (broad SMARTS) is 3. The first kappa shape index (κ1) is 86.6. The van der Waals surface area contributed by atoms with E-state index in [2.05, 4.69) is 68.7 Å². The summed E-state index contributed by atoms with van der Waals surface area (Å²) in [7, 11) is -0.811. The van der Waals surface area contributed by atoms with Gasteiger partial charge in [0.1, 0.15) is 59.3 Å². The van der Waals surface area contributed by atoms with Crippen molar-refractivity contribution in [1.29, 1.82) is 0 Å². The lowest BCUT2D eigenvalue weighted by Gasteiger charge is -2.29. The number of carbonyl (C=O) groups is 14. The molecule has 0 aliphatic heterocycles. The highest BCUT2D eigenvalue weighted by Crippen LogP contribution is 2.29. The summed E-state index contributed by atoms with van der Waals surface area (Å²) in [4.78, 5) is 189. The largest absolute Gasteiger partial charge is 0.481 e. The zero-order valence-electron chi connectivity index (χ0n) is 60.2. The van der Waals surface area contributed by atoms with Crippen LogP contribution in [0.3, 0.4) is 0 Å². The van der Waals surface area contributed by atoms with Crippen molar-refractivity contribution in [2.45, 2.75) is 145 Å². The van der Waals surface area contributed by atoms with Gasteiger partial charge in [0.25, 0.3) is 16.0 Å². The van der Waals surface area contributed by atoms with E-state index in [0.717, 1.165) is 12.6 Å². The fourth-order valence-electron chi connectivity index (χ4n) is 10.7. The fraction of sp³-hybridized carbons (Fsp3) is 0.408. The van der Waals surface area contributed by atoms with E-state index >= 15 is 0 Å². The van der Waals surface area contributed by atoms with Crippen LogP contribution >= 0.6 is 0 Å². The number of fused-ring (bicyclic) bond motifs is 1. The standard InChI is InChI=1S/C71H91N15O21S/c1-38(2)33-51(78-69(102)53(35-57(72)88)81-71(104)61(39(3)4)83-66(99)50(28-30-59(91)92)77-70(103)55(37-87)82-63(96)42-19-21-43(22-20-42)84-85-44-23-25-45(26-24-44)86(6)7)68(101)80-54(36-60(93)94)67(100)75-40(5)62(95)76-49(27-29-58(89)90)65(98)79-52(34-41-13-9-8-10-14-41)64(97)74-32-31-73-48-17-11-16-47-46(48)15-12-18-56(47)108(105,106)107/h8-26,38-40,49-55,61,73,87H,27-37H2,1-7H3,(H2,72,88)(H,74,97)(H,75,100)(H,76,95)(H,77,103)(H,78,102)(H,79,98)(H,80,101)(H,81,104)(H,82,96)(H,83,99)(H,89,90)(H,91,92)(H,93,94)(H,105,106,107)/t40-,49-,50-,51-,52-,53-,54-,55-,61-/m0/s1. The van der Waals surface area contributed by atoms with Gasteiger partial charge >= 0.3 is 17.9 Å². The Morgan fingerprint density at radius 1 is 0.481 bits per heavy atom. The predicted molar refractivity (Wildman–Crippen MR) is 390 cm³/mol. The number of aliphatic hydroxyl groups excluding tert-OH is 1. The van der Waals surface area contributed by atoms with Crippen LogP contribution in [0.4, 0.5) is 22.7 Å². The lowest BCUT2D eigenvalue weighted by molar-refractivity contribution is -0.142. The zero-order chi connectivity index (χ0) is 80.1. The highest BCUT2D eigenvalue weighted by atomic mass is 32.2. The Morgan fingerprint density at radius 2 is 0.972 bits per heavy atom. The smallest absolute Gasteiger partial charge is 0.305 e. The van der Waals surface area contributed by atoms with Crippen LogP contribution in [-0.4, -0.2) is 204 Å². The second kappa shape index (κ2) is 41.6. The molecule has 0 aromatic heterocycles. The molecule has 0 spiro atoms. The van der Waals surface area contributed by atoms with Gasteiger partial charge in [-0.1, -0.05) is 82.3 Å². The van der Waals surface area contributed by atoms with Crippen molar-refractivity contribution < 1.29 is 101 Å². The molecule has 0 unspecified atom stereocenters. The van der Waals surface area contributed by atoms with E-state index in [-0.39, 0.29) is 41.8 Å². The van der Waals surface area contributed by atoms with Crippen LogP contribution in [0, 0.1) is 11.8 Å². The molecule has 0 aliphatic carbocycles. The second-order valence-corrected chi connectivity index (χ2v) is 27.4. The van der Waals surface area contributed by atoms with Gasteiger partial charge in [-0.15, -0.1) is 0 Å². The molecule has 5 rings (SSSR count). The number of rotatable bonds is 43. The van der Waals surface area contributed by atoms with Crippen molar-refractivity contribution in [2.24, 2.45) is 27.8 Å². The molecule has 5 aromatic rings. The van der Waals surface area contributed by atoms with Crippen LogP contribution in [0.2, 0.25) is 0 Å². The Morgan fingerprint density at radius 3 is 1.52 bits per heavy atom. The number of aliphatic carboxylic acids is 3. The summed E-state index contributed by atoms with van der Waals surface area (Å²) in [6.45, 7) is 6.18. The number of anilines is 2. The monoisotopic (exact) mass is 1520 g/mol. The van der Waals surface area contributed by atoms with Crippen LogP contribution < -0.4 is 69.1 Å². The van der Waals surface area contributed by atoms with Gasteiger partial charge in [-0.3, -0.25) is 71.7 Å². The van der Waals surface area contributed by atoms with Gasteiger partial charge in [-0.25, -0.2) is 0 Å². The number of nitrogens with zero attached hydrogens (tertiary/aromatic N) is 3. The summed E-state index contributed by atoms with van der Waals surface area (Å²) in [6.07, 6.45) is -5.01. The normalized spacial score (nSPS) is 13.8. The first-order valence-corrected chi connectivity index (χ1v) is 35.5. The Kier molecular flexibility index (Phi) is 33.4. The summed E-state index contributed by atoms with van der Waals surface area (Å²) in [5.41, 5.74) is 8.41. The van der Waals surface area contributed by atoms with E-state index in [1.165, 1.54) is 56.3 Å². The number of benzene rings is 5. The van der Waals surface area contributed by atoms with Gasteiger partial charge in [0.05, 0.1) is 30.8 Å². The van der Waals surface area contributed by atoms with Crippen molar-refractivity contribution in [3.8, 4) is 0 Å². The van der Waals surface area contributed by atoms with Gasteiger partial charge in [0.2, 0.25) is 59.1 Å². The first-order chi connectivity index (χ1) is 50.9. The highest BCUT2D eigenvalue weighted by molar-refractivity contribution is 7.86. The van der Waals surface area contributed by atoms with Crippen LogP contribution in [0.5, 0.6) is 0 Å². The van der Waals surface area contributed by atoms with Gasteiger partial charge in [0, 0.05) is 74.2 Å². The van der Waals surface area contributed by atoms with Crippen molar-refractivity contribution in [1.82, 2.24) is 53.2 Å². The van der Waals surface area contributed by atoms with E-state index in [0.29, 0.717) is 28.0 Å². The Bertz CT molecular complexity index is 4200. The van der Waals surface area contributed by atoms with Gasteiger partial charge in [-0.2, -0.15) is 18.6 Å². The third kappa shape index (κ3) is 28.1. The summed E-state index contributed by atoms with van der Waals surface area (Å²) >= 11 is 0. The lowest BCUT2D eigenvalue weighted by atomic mass is 10.00. The van der Waals surface area contributed by atoms with Crippen molar-refractivity contribution in [3.63, 3.8) is 0 Å². The Balaban J connectivity index is 1.24. The third-order valence-electron chi connectivity index (χ3n) is 16.3. The molecule has 18 N–H and O–H groups in total. The first-order valence-electron chi connectivity index (χ1n) is 34.1. The predicted octanol–water partition coefficient (Wildman–Crippen LogP) is 0.810. The van der Waals surface area contributed by atoms with Crippen molar-refractivity contribution in [3.05, 3.63) is 126 Å². The minimum atomic E-state index is -4.58. The molecule has 9 atom stereocenters. The Labute approximate surface area is 621 Å². The molecule has 0 bridgehead atoms. The molecular weight excluding hydrogens is 1430 g/mol. The molecular formula is C71H91N15O21S. The molecule has 582 valence electrons. The molecule has 0 radical (unpaired) electrons. The highest BCUT2D eigenvalue weighted by Gasteiger charge is 2.37. The quantitative estimate of drug-likeness (QED) is 0.0146. The van der Waals surface area contributed by atoms with Crippen LogP contribution in [-0.2, 0) is 78.9 Å². The van der Waals surface area contributed by atoms with Crippen molar-refractivity contribution >= 4 is 127 Å². The van der Waals surface area contributed by atoms with E-state index in [1.807, 2.05) is 31.1 Å². The van der Waals surface area contributed by atoms with Crippen LogP contribution in [0.25, 0.3) is 10.8 Å². The van der Waals surface area contributed by atoms with Crippen LogP contribution in [0.15, 0.2) is 130 Å². The summed E-state index contributed by atoms with van der Waals surface area (Å²) in [5, 5.41) is 75.2. The number of carboxylic acids is 3. The summed E-state index contributed by atoms with van der Waals surface area (Å²) in [5.74, 6) is -17.9. The maximum atomic E-state index is 14.2. The average Bonchev–Trinajstić information content (AvgIpc) is 0.785. The molecule has 0 heterocycles. The number of carbonyl (C=O) groups excluding carboxylic acids is 11. The number of aliphatic hydroxyl groups is 1. The number of hydrogen-bond acceptors (Lipinski definition) is 21. The van der Waals surface area contributed by atoms with Crippen molar-refractivity contribution in [2.75, 3.05) is 44.0 Å². The molecule has 0 saturated carbocycles. The van der Waals surface area contributed by atoms with E-state index in [4.69, 9.17) is 5.73 Å². The van der Waals surface area contributed by atoms with E-state index < -0.39 is 204 Å². The maximum Gasteiger partial charge on any atom is 0.305 e. The molecule has 0 saturated heterocycles. The fourth-order valence-corrected chi connectivity index (χ4v) is 11.4. The number of hydrogen-bond donors (Lipinski definition) is 17. The topological polar surface area (TPSA) is 561 Å². The zero-order valence-corrected chi connectivity index (χ0v) is 61.0. The van der Waals surface area contributed by atoms with E-state index in [1.54, 1.807) is 74.5 Å². The summed E-state index contributed by atoms with van der Waals surface area (Å²) < 4.78 is 33.9. The number of azo groups is 1. The second-order valence-electron chi connectivity index (χ2n) is 26.0. The number of primary amides is 1. The van der Waals surface area contributed by atoms with Gasteiger partial charge in [-0.05, 0) is 104 Å². The minimum absolute atomic E-state index is 0.0204. The molecule has 108 heavy (non-hydrogen) atoms. The Hall–Kier alpha value is -12.0. The molecule has 37 heteroatoms. The molecule has 0 fully saturated rings. The van der Waals surface area contributed by atoms with E-state index in [9.17, 15) is 101 Å². The van der Waals surface area contributed by atoms with Gasteiger partial charge < -0.3 is 89.5 Å². The summed E-state index contributed by atoms with van der Waals surface area (Å²) in [6, 6.07) is 14.8. The van der Waals surface area contributed by atoms with Gasteiger partial charge in [0.15, 0.2) is 0 Å². The third-order valence-corrected chi connectivity index (χ3v) is 17.3. The SMILES string of the molecule is CC(C)C[C@H](NC(=O)[C@H](CC(N)=O)NC(=O)[C@@H](NC(=O)[C@H](CCC(=O)O)NC(=O)[C@H](CO)NC(=O)c1ccc(N=Nc2ccc(N(C)C)cc2)cc1)C(C)C)C(=O)N[C@@H](CC(=O)O)C(=O)N[C@@H](C)C(=O)N[C@@H](CCC(=O)O)C(=O)N[C@@H](Cc1ccccc1)C(=O)NCCNc1cccc2c(S(=O)(=O)O)cccc12. The number of amides is 11. The lowest BCUT2D eigenvalue weighted by Crippen LogP contribution is -2.61. The molecule has 0 aliphatic rings. The molecule has 36 nitrogen and oxygen atoms in total. The number of nitrogens with two attached hydrogens (primary N) is 1. The minimum Gasteiger partial charge on any atom is -0.481 e. The maximum absolute atomic E-state index is 14.2.